The van der Waals surface area contributed by atoms with Crippen LogP contribution in [0.5, 0.6) is 0 Å². The molecule has 24 heavy (non-hydrogen) atoms. The lowest BCUT2D eigenvalue weighted by Gasteiger charge is -2.00. The van der Waals surface area contributed by atoms with Gasteiger partial charge < -0.3 is 0 Å². The lowest BCUT2D eigenvalue weighted by atomic mass is 10.3. The summed E-state index contributed by atoms with van der Waals surface area (Å²) >= 11 is 0. The average Bonchev–Trinajstić information content (AvgIpc) is 3.19. The van der Waals surface area contributed by atoms with Crippen molar-refractivity contribution in [1.82, 2.24) is 19.8 Å². The number of aryl methyl sites for hydroxylation is 2. The first-order chi connectivity index (χ1) is 11.7. The molecule has 0 atom stereocenters. The second kappa shape index (κ2) is 5.73. The summed E-state index contributed by atoms with van der Waals surface area (Å²) in [5, 5.41) is 8.98. The van der Waals surface area contributed by atoms with E-state index in [4.69, 9.17) is 0 Å². The average molecular weight is 316 g/mol. The molecule has 118 valence electrons. The quantitative estimate of drug-likeness (QED) is 0.418. The molecule has 0 unspecified atom stereocenters. The highest BCUT2D eigenvalue weighted by Gasteiger charge is 2.12. The molecular weight excluding hydrogens is 300 g/mol. The highest BCUT2D eigenvalue weighted by molar-refractivity contribution is 5.49. The maximum Gasteiger partial charge on any atom is 0.0876 e. The van der Waals surface area contributed by atoms with Crippen molar-refractivity contribution in [2.45, 2.75) is 0 Å². The third-order valence-electron chi connectivity index (χ3n) is 3.74. The Morgan fingerprint density at radius 1 is 0.667 bits per heavy atom. The van der Waals surface area contributed by atoms with Gasteiger partial charge in [0.05, 0.1) is 35.9 Å². The molecule has 4 rings (SSSR count). The van der Waals surface area contributed by atoms with Crippen LogP contribution >= 0.6 is 0 Å². The van der Waals surface area contributed by atoms with Crippen molar-refractivity contribution in [3.63, 3.8) is 0 Å². The van der Waals surface area contributed by atoms with Crippen LogP contribution in [0, 0.1) is 12.4 Å². The number of rotatable bonds is 3. The van der Waals surface area contributed by atoms with Crippen LogP contribution in [0.3, 0.4) is 0 Å². The first-order valence-corrected chi connectivity index (χ1v) is 7.61. The van der Waals surface area contributed by atoms with Crippen molar-refractivity contribution >= 4 is 0 Å². The smallest absolute Gasteiger partial charge is 0.0876 e. The SMILES string of the molecule is Cn1n[n+](-c2ccccc2)[c-]c1-c1[c-][n+](-c2ccccc2)nn1C. The van der Waals surface area contributed by atoms with Crippen molar-refractivity contribution in [3.8, 4) is 22.8 Å². The molecule has 0 bridgehead atoms. The van der Waals surface area contributed by atoms with Crippen LogP contribution < -0.4 is 9.36 Å². The zero-order valence-electron chi connectivity index (χ0n) is 13.5. The van der Waals surface area contributed by atoms with Gasteiger partial charge in [-0.05, 0) is 0 Å². The van der Waals surface area contributed by atoms with Crippen molar-refractivity contribution in [2.24, 2.45) is 14.1 Å². The fourth-order valence-corrected chi connectivity index (χ4v) is 2.53. The largest absolute Gasteiger partial charge is 0.221 e. The van der Waals surface area contributed by atoms with Gasteiger partial charge in [-0.15, -0.1) is 0 Å². The summed E-state index contributed by atoms with van der Waals surface area (Å²) in [6.45, 7) is 0. The summed E-state index contributed by atoms with van der Waals surface area (Å²) in [5.74, 6) is 0. The van der Waals surface area contributed by atoms with Gasteiger partial charge in [-0.1, -0.05) is 60.7 Å². The summed E-state index contributed by atoms with van der Waals surface area (Å²) in [6.07, 6.45) is 6.57. The van der Waals surface area contributed by atoms with E-state index in [1.807, 2.05) is 74.8 Å². The minimum atomic E-state index is 0.809. The van der Waals surface area contributed by atoms with Crippen LogP contribution in [-0.2, 0) is 14.1 Å². The highest BCUT2D eigenvalue weighted by Crippen LogP contribution is 2.13. The van der Waals surface area contributed by atoms with Crippen molar-refractivity contribution < 1.29 is 9.36 Å². The van der Waals surface area contributed by atoms with Crippen LogP contribution in [0.15, 0.2) is 60.7 Å². The lowest BCUT2D eigenvalue weighted by molar-refractivity contribution is -0.665. The fraction of sp³-hybridized carbons (Fsp3) is 0.111. The van der Waals surface area contributed by atoms with Gasteiger partial charge in [0.2, 0.25) is 0 Å². The van der Waals surface area contributed by atoms with E-state index < -0.39 is 0 Å². The van der Waals surface area contributed by atoms with Crippen LogP contribution in [0.4, 0.5) is 0 Å². The van der Waals surface area contributed by atoms with Crippen molar-refractivity contribution in [3.05, 3.63) is 73.1 Å². The molecule has 0 amide bonds. The zero-order chi connectivity index (χ0) is 16.5. The Bertz CT molecular complexity index is 888. The normalized spacial score (nSPS) is 10.9. The van der Waals surface area contributed by atoms with E-state index in [1.54, 1.807) is 18.7 Å². The van der Waals surface area contributed by atoms with Gasteiger partial charge in [-0.2, -0.15) is 0 Å². The van der Waals surface area contributed by atoms with E-state index in [0.29, 0.717) is 0 Å². The molecule has 0 radical (unpaired) electrons. The number of para-hydroxylation sites is 2. The molecule has 0 aliphatic heterocycles. The van der Waals surface area contributed by atoms with Crippen molar-refractivity contribution in [1.29, 1.82) is 0 Å². The van der Waals surface area contributed by atoms with E-state index in [2.05, 4.69) is 22.8 Å². The van der Waals surface area contributed by atoms with E-state index >= 15 is 0 Å². The number of nitrogens with zero attached hydrogens (tertiary/aromatic N) is 6. The summed E-state index contributed by atoms with van der Waals surface area (Å²) < 4.78 is 7.00. The molecule has 0 saturated heterocycles. The molecular formula is C18H16N6. The Labute approximate surface area is 139 Å². The maximum atomic E-state index is 4.49. The Kier molecular flexibility index (Phi) is 3.42. The van der Waals surface area contributed by atoms with Gasteiger partial charge in [-0.3, -0.25) is 0 Å². The van der Waals surface area contributed by atoms with E-state index in [-0.39, 0.29) is 0 Å². The molecule has 6 nitrogen and oxygen atoms in total. The van der Waals surface area contributed by atoms with Gasteiger partial charge in [0.25, 0.3) is 0 Å². The number of hydrogen-bond acceptors (Lipinski definition) is 2. The molecule has 0 spiro atoms. The zero-order valence-corrected chi connectivity index (χ0v) is 13.5. The molecule has 0 saturated carbocycles. The summed E-state index contributed by atoms with van der Waals surface area (Å²) in [6, 6.07) is 19.8. The Morgan fingerprint density at radius 3 is 1.42 bits per heavy atom. The summed E-state index contributed by atoms with van der Waals surface area (Å²) in [4.78, 5) is 0. The van der Waals surface area contributed by atoms with Crippen LogP contribution in [0.25, 0.3) is 22.8 Å². The summed E-state index contributed by atoms with van der Waals surface area (Å²) in [5.41, 5.74) is 3.53. The third kappa shape index (κ3) is 2.48. The highest BCUT2D eigenvalue weighted by atomic mass is 15.5. The van der Waals surface area contributed by atoms with Crippen molar-refractivity contribution in [2.75, 3.05) is 0 Å². The van der Waals surface area contributed by atoms with Gasteiger partial charge in [0.15, 0.2) is 0 Å². The first kappa shape index (κ1) is 14.3. The van der Waals surface area contributed by atoms with E-state index in [1.165, 1.54) is 0 Å². The maximum absolute atomic E-state index is 4.49. The second-order valence-electron chi connectivity index (χ2n) is 5.44. The van der Waals surface area contributed by atoms with Gasteiger partial charge in [-0.25, -0.2) is 18.7 Å². The fourth-order valence-electron chi connectivity index (χ4n) is 2.53. The number of benzene rings is 2. The molecule has 4 aromatic rings. The van der Waals surface area contributed by atoms with Gasteiger partial charge in [0, 0.05) is 23.8 Å². The molecule has 2 aromatic heterocycles. The first-order valence-electron chi connectivity index (χ1n) is 7.61. The predicted octanol–water partition coefficient (Wildman–Crippen LogP) is 0.974. The summed E-state index contributed by atoms with van der Waals surface area (Å²) in [7, 11) is 3.78. The molecule has 6 heteroatoms. The third-order valence-corrected chi connectivity index (χ3v) is 3.74. The monoisotopic (exact) mass is 316 g/mol. The Hall–Kier alpha value is -3.28. The minimum absolute atomic E-state index is 0.809. The Morgan fingerprint density at radius 2 is 1.04 bits per heavy atom. The standard InChI is InChI=1S/C18H16N6/c1-21-17(13-23(19-21)15-9-5-3-6-10-15)18-14-24(20-22(18)2)16-11-7-4-8-12-16/h3-12H,1-2H3. The van der Waals surface area contributed by atoms with Crippen LogP contribution in [-0.4, -0.2) is 19.8 Å². The molecule has 0 N–H and O–H groups in total. The molecule has 0 fully saturated rings. The lowest BCUT2D eigenvalue weighted by Crippen LogP contribution is -2.33. The van der Waals surface area contributed by atoms with Crippen LogP contribution in [0.1, 0.15) is 0 Å². The van der Waals surface area contributed by atoms with Crippen LogP contribution in [0.2, 0.25) is 0 Å². The predicted molar refractivity (Wildman–Crippen MR) is 86.1 cm³/mol. The number of aromatic nitrogens is 6. The minimum Gasteiger partial charge on any atom is -0.221 e. The molecule has 2 aromatic carbocycles. The molecule has 0 aliphatic carbocycles. The van der Waals surface area contributed by atoms with E-state index in [9.17, 15) is 0 Å². The van der Waals surface area contributed by atoms with Gasteiger partial charge >= 0.3 is 0 Å². The topological polar surface area (TPSA) is 43.4 Å². The number of hydrogen-bond donors (Lipinski definition) is 0. The van der Waals surface area contributed by atoms with Gasteiger partial charge in [0.1, 0.15) is 0 Å². The van der Waals surface area contributed by atoms with E-state index in [0.717, 1.165) is 22.8 Å². The Balaban J connectivity index is 1.78. The second-order valence-corrected chi connectivity index (χ2v) is 5.44. The molecule has 0 aliphatic rings. The molecule has 2 heterocycles.